The highest BCUT2D eigenvalue weighted by molar-refractivity contribution is 14.1. The molecule has 1 nitrogen and oxygen atoms in total. The van der Waals surface area contributed by atoms with E-state index in [9.17, 15) is 0 Å². The molecule has 0 fully saturated rings. The van der Waals surface area contributed by atoms with Crippen LogP contribution in [0.25, 0.3) is 10.9 Å². The molecule has 0 saturated heterocycles. The molecule has 0 bridgehead atoms. The van der Waals surface area contributed by atoms with E-state index in [2.05, 4.69) is 70.0 Å². The Morgan fingerprint density at radius 3 is 2.69 bits per heavy atom. The fourth-order valence-corrected chi connectivity index (χ4v) is 2.09. The Balaban J connectivity index is 2.63. The lowest BCUT2D eigenvalue weighted by molar-refractivity contribution is 0.869. The summed E-state index contributed by atoms with van der Waals surface area (Å²) in [6.07, 6.45) is 2.09. The molecule has 0 radical (unpaired) electrons. The van der Waals surface area contributed by atoms with Crippen LogP contribution in [0.3, 0.4) is 0 Å². The first-order valence-corrected chi connectivity index (χ1v) is 5.42. The number of hydrogen-bond donors (Lipinski definition) is 0. The minimum absolute atomic E-state index is 0.613. The van der Waals surface area contributed by atoms with E-state index in [4.69, 9.17) is 0 Å². The fraction of sp³-hybridized carbons (Fsp3) is 0.273. The minimum Gasteiger partial charge on any atom is -0.290 e. The van der Waals surface area contributed by atoms with Crippen LogP contribution in [-0.2, 0) is 0 Å². The predicted octanol–water partition coefficient (Wildman–Crippen LogP) is 3.96. The van der Waals surface area contributed by atoms with Gasteiger partial charge >= 0.3 is 0 Å². The van der Waals surface area contributed by atoms with Crippen molar-refractivity contribution in [1.82, 2.24) is 2.78 Å². The van der Waals surface area contributed by atoms with Gasteiger partial charge < -0.3 is 0 Å². The van der Waals surface area contributed by atoms with Gasteiger partial charge in [0.05, 0.1) is 28.4 Å². The third kappa shape index (κ3) is 1.59. The Morgan fingerprint density at radius 1 is 1.23 bits per heavy atom. The molecule has 2 aromatic rings. The maximum atomic E-state index is 2.30. The summed E-state index contributed by atoms with van der Waals surface area (Å²) in [5, 5.41) is 1.33. The average molecular weight is 285 g/mol. The van der Waals surface area contributed by atoms with E-state index in [0.29, 0.717) is 5.92 Å². The standard InChI is InChI=1S/C11H12IN/c1-8(2)9-3-4-11-10(7-9)5-6-13(11)12/h3-8H,1-2H3. The summed E-state index contributed by atoms with van der Waals surface area (Å²) in [5.41, 5.74) is 2.71. The summed E-state index contributed by atoms with van der Waals surface area (Å²) in [7, 11) is 0. The summed E-state index contributed by atoms with van der Waals surface area (Å²) < 4.78 is 2.12. The van der Waals surface area contributed by atoms with Crippen molar-refractivity contribution in [2.45, 2.75) is 19.8 Å². The van der Waals surface area contributed by atoms with Crippen molar-refractivity contribution in [3.05, 3.63) is 36.0 Å². The zero-order chi connectivity index (χ0) is 9.42. The largest absolute Gasteiger partial charge is 0.290 e. The van der Waals surface area contributed by atoms with Crippen LogP contribution in [0.15, 0.2) is 30.5 Å². The Kier molecular flexibility index (Phi) is 2.32. The molecule has 0 amide bonds. The first-order chi connectivity index (χ1) is 6.18. The molecule has 0 saturated carbocycles. The van der Waals surface area contributed by atoms with E-state index < -0.39 is 0 Å². The molecule has 13 heavy (non-hydrogen) atoms. The number of benzene rings is 1. The molecule has 0 N–H and O–H groups in total. The number of rotatable bonds is 1. The lowest BCUT2D eigenvalue weighted by atomic mass is 10.0. The lowest BCUT2D eigenvalue weighted by Gasteiger charge is -2.04. The topological polar surface area (TPSA) is 4.93 Å². The van der Waals surface area contributed by atoms with E-state index in [0.717, 1.165) is 0 Å². The second-order valence-electron chi connectivity index (χ2n) is 3.60. The first-order valence-electron chi connectivity index (χ1n) is 4.45. The van der Waals surface area contributed by atoms with Crippen molar-refractivity contribution in [2.24, 2.45) is 0 Å². The van der Waals surface area contributed by atoms with Crippen LogP contribution in [0.4, 0.5) is 0 Å². The van der Waals surface area contributed by atoms with Gasteiger partial charge in [-0.15, -0.1) is 0 Å². The van der Waals surface area contributed by atoms with Crippen molar-refractivity contribution in [2.75, 3.05) is 0 Å². The molecule has 1 aromatic carbocycles. The zero-order valence-electron chi connectivity index (χ0n) is 7.79. The summed E-state index contributed by atoms with van der Waals surface area (Å²) in [6.45, 7) is 4.45. The molecule has 2 heteroatoms. The monoisotopic (exact) mass is 285 g/mol. The van der Waals surface area contributed by atoms with E-state index in [1.165, 1.54) is 16.5 Å². The van der Waals surface area contributed by atoms with Gasteiger partial charge in [-0.1, -0.05) is 19.9 Å². The molecule has 0 aliphatic heterocycles. The zero-order valence-corrected chi connectivity index (χ0v) is 9.95. The molecule has 0 aliphatic carbocycles. The van der Waals surface area contributed by atoms with E-state index >= 15 is 0 Å². The fourth-order valence-electron chi connectivity index (χ4n) is 1.49. The van der Waals surface area contributed by atoms with Crippen LogP contribution in [0, 0.1) is 0 Å². The smallest absolute Gasteiger partial charge is 0.0640 e. The normalized spacial score (nSPS) is 11.4. The van der Waals surface area contributed by atoms with Crippen LogP contribution in [0.2, 0.25) is 0 Å². The Labute approximate surface area is 92.2 Å². The van der Waals surface area contributed by atoms with Gasteiger partial charge in [-0.2, -0.15) is 0 Å². The van der Waals surface area contributed by atoms with Crippen LogP contribution >= 0.6 is 22.9 Å². The summed E-state index contributed by atoms with van der Waals surface area (Å²) in [6, 6.07) is 8.84. The van der Waals surface area contributed by atoms with E-state index in [1.54, 1.807) is 0 Å². The SMILES string of the molecule is CC(C)c1ccc2c(ccn2I)c1. The van der Waals surface area contributed by atoms with Gasteiger partial charge in [0.25, 0.3) is 0 Å². The van der Waals surface area contributed by atoms with Crippen molar-refractivity contribution < 1.29 is 0 Å². The second kappa shape index (κ2) is 3.33. The van der Waals surface area contributed by atoms with Crippen molar-refractivity contribution >= 4 is 33.8 Å². The van der Waals surface area contributed by atoms with Crippen LogP contribution in [0.5, 0.6) is 0 Å². The number of halogens is 1. The molecule has 0 atom stereocenters. The highest BCUT2D eigenvalue weighted by Crippen LogP contribution is 2.23. The van der Waals surface area contributed by atoms with Gasteiger partial charge in [0.1, 0.15) is 0 Å². The number of aromatic nitrogens is 1. The van der Waals surface area contributed by atoms with E-state index in [1.807, 2.05) is 0 Å². The lowest BCUT2D eigenvalue weighted by Crippen LogP contribution is -1.86. The molecular weight excluding hydrogens is 273 g/mol. The number of hydrogen-bond acceptors (Lipinski definition) is 0. The molecule has 2 rings (SSSR count). The van der Waals surface area contributed by atoms with Crippen LogP contribution in [0.1, 0.15) is 25.3 Å². The second-order valence-corrected chi connectivity index (χ2v) is 4.64. The van der Waals surface area contributed by atoms with Crippen LogP contribution < -0.4 is 0 Å². The molecule has 0 unspecified atom stereocenters. The predicted molar refractivity (Wildman–Crippen MR) is 65.4 cm³/mol. The van der Waals surface area contributed by atoms with Gasteiger partial charge in [-0.25, -0.2) is 0 Å². The first kappa shape index (κ1) is 9.06. The molecule has 68 valence electrons. The molecule has 1 heterocycles. The van der Waals surface area contributed by atoms with E-state index in [-0.39, 0.29) is 0 Å². The molecule has 0 spiro atoms. The van der Waals surface area contributed by atoms with Gasteiger partial charge in [0.2, 0.25) is 0 Å². The maximum absolute atomic E-state index is 2.30. The minimum atomic E-state index is 0.613. The van der Waals surface area contributed by atoms with Crippen molar-refractivity contribution in [3.8, 4) is 0 Å². The van der Waals surface area contributed by atoms with Crippen molar-refractivity contribution in [3.63, 3.8) is 0 Å². The maximum Gasteiger partial charge on any atom is 0.0640 e. The van der Waals surface area contributed by atoms with Crippen LogP contribution in [-0.4, -0.2) is 2.78 Å². The Bertz CT molecular complexity index is 429. The molecule has 0 aliphatic rings. The highest BCUT2D eigenvalue weighted by Gasteiger charge is 2.02. The molecular formula is C11H12IN. The molecule has 1 aromatic heterocycles. The van der Waals surface area contributed by atoms with Crippen molar-refractivity contribution in [1.29, 1.82) is 0 Å². The van der Waals surface area contributed by atoms with Gasteiger partial charge in [0, 0.05) is 11.6 Å². The third-order valence-corrected chi connectivity index (χ3v) is 3.17. The quantitative estimate of drug-likeness (QED) is 0.699. The van der Waals surface area contributed by atoms with Gasteiger partial charge in [0.15, 0.2) is 0 Å². The Morgan fingerprint density at radius 2 is 2.00 bits per heavy atom. The average Bonchev–Trinajstić information content (AvgIpc) is 2.47. The Hall–Kier alpha value is -0.510. The summed E-state index contributed by atoms with van der Waals surface area (Å²) in [5.74, 6) is 0.613. The number of nitrogens with zero attached hydrogens (tertiary/aromatic N) is 1. The summed E-state index contributed by atoms with van der Waals surface area (Å²) >= 11 is 2.30. The summed E-state index contributed by atoms with van der Waals surface area (Å²) in [4.78, 5) is 0. The van der Waals surface area contributed by atoms with Gasteiger partial charge in [-0.05, 0) is 29.7 Å². The third-order valence-electron chi connectivity index (χ3n) is 2.33. The van der Waals surface area contributed by atoms with Gasteiger partial charge in [-0.3, -0.25) is 2.78 Å². The number of fused-ring (bicyclic) bond motifs is 1. The highest BCUT2D eigenvalue weighted by atomic mass is 127.